The Morgan fingerprint density at radius 3 is 1.63 bits per heavy atom. The monoisotopic (exact) mass is 966 g/mol. The largest absolute Gasteiger partial charge is 0.480 e. The Hall–Kier alpha value is -6.57. The van der Waals surface area contributed by atoms with Gasteiger partial charge in [-0.15, -0.1) is 0 Å². The number of hydrogen-bond donors (Lipinski definition) is 6. The van der Waals surface area contributed by atoms with E-state index in [1.807, 2.05) is 60.7 Å². The Bertz CT molecular complexity index is 2700. The highest BCUT2D eigenvalue weighted by atomic mass is 32.2. The fourth-order valence-corrected chi connectivity index (χ4v) is 9.61. The summed E-state index contributed by atoms with van der Waals surface area (Å²) in [6, 6.07) is 36.2. The molecule has 2 unspecified atom stereocenters. The van der Waals surface area contributed by atoms with E-state index in [2.05, 4.69) is 26.0 Å². The molecule has 68 heavy (non-hydrogen) atoms. The molecule has 0 radical (unpaired) electrons. The minimum Gasteiger partial charge on any atom is -0.480 e. The Kier molecular flexibility index (Phi) is 19.7. The van der Waals surface area contributed by atoms with Crippen LogP contribution in [0, 0.1) is 0 Å². The quantitative estimate of drug-likeness (QED) is 0.0294. The molecule has 2 atom stereocenters. The molecule has 3 amide bonds. The van der Waals surface area contributed by atoms with Gasteiger partial charge < -0.3 is 26.4 Å². The van der Waals surface area contributed by atoms with Gasteiger partial charge in [-0.25, -0.2) is 16.8 Å². The summed E-state index contributed by atoms with van der Waals surface area (Å²) in [7, 11) is -6.39. The smallest absolute Gasteiger partial charge is 0.321 e. The summed E-state index contributed by atoms with van der Waals surface area (Å²) in [5, 5.41) is 20.8. The minimum absolute atomic E-state index is 0.0127. The lowest BCUT2D eigenvalue weighted by Crippen LogP contribution is -2.43. The molecule has 16 nitrogen and oxygen atoms in total. The zero-order chi connectivity index (χ0) is 49.1. The maximum Gasteiger partial charge on any atom is 0.321 e. The van der Waals surface area contributed by atoms with Crippen LogP contribution < -0.4 is 26.0 Å². The minimum atomic E-state index is -4.17. The fourth-order valence-electron chi connectivity index (χ4n) is 7.00. The van der Waals surface area contributed by atoms with E-state index < -0.39 is 43.9 Å². The number of Topliss-reactive ketones (excluding diaryl/α,β-unsaturated/α-hetero) is 1. The maximum atomic E-state index is 13.3. The van der Waals surface area contributed by atoms with E-state index in [0.717, 1.165) is 22.3 Å². The maximum absolute atomic E-state index is 13.3. The first-order valence-corrected chi connectivity index (χ1v) is 25.2. The predicted molar refractivity (Wildman–Crippen MR) is 260 cm³/mol. The van der Waals surface area contributed by atoms with Crippen LogP contribution in [0.15, 0.2) is 143 Å². The normalized spacial score (nSPS) is 12.5. The van der Waals surface area contributed by atoms with Crippen LogP contribution in [-0.4, -0.2) is 108 Å². The molecule has 0 aromatic heterocycles. The van der Waals surface area contributed by atoms with Gasteiger partial charge in [0.25, 0.3) is 5.91 Å². The number of hydrogen-bond acceptors (Lipinski definition) is 10. The van der Waals surface area contributed by atoms with Gasteiger partial charge in [0.15, 0.2) is 5.78 Å². The van der Waals surface area contributed by atoms with Crippen molar-refractivity contribution >= 4 is 49.5 Å². The van der Waals surface area contributed by atoms with Gasteiger partial charge in [0.2, 0.25) is 31.9 Å². The Morgan fingerprint density at radius 1 is 0.574 bits per heavy atom. The van der Waals surface area contributed by atoms with Gasteiger partial charge in [-0.2, -0.15) is 9.03 Å². The number of carboxylic acids is 1. The third-order valence-corrected chi connectivity index (χ3v) is 14.6. The van der Waals surface area contributed by atoms with Gasteiger partial charge >= 0.3 is 5.97 Å². The van der Waals surface area contributed by atoms with Crippen LogP contribution in [0.25, 0.3) is 22.3 Å². The molecule has 0 spiro atoms. The van der Waals surface area contributed by atoms with Crippen LogP contribution >= 0.6 is 0 Å². The van der Waals surface area contributed by atoms with Crippen molar-refractivity contribution in [3.8, 4) is 22.3 Å². The molecule has 5 rings (SSSR count). The Balaban J connectivity index is 0.924. The SMILES string of the molecule is CC(CCNC(=O)CCCNCC(=O)c1cccc(C(=O)NCCCC(=O)NCCC(NS(=O)(=O)c2ccc(-c3ccccc3)cc2)C(=O)O)c1)N(C)S(=O)(=O)c1ccc(-c2ccccc2)cc1. The molecule has 0 aliphatic rings. The number of sulfonamides is 2. The standard InChI is InChI=1S/C50H58N6O10S2/c1-36(56(2)68(65,66)44-26-22-40(23-27-44)38-14-7-4-8-15-38)28-32-52-47(58)18-10-30-51-35-46(57)41-16-9-17-42(34-41)49(60)54-31-11-19-48(59)53-33-29-45(50(61)62)55-67(63,64)43-24-20-39(21-25-43)37-12-5-3-6-13-37/h3-9,12-17,20-27,34,36,45,51,55H,10-11,18-19,28-33,35H2,1-2H3,(H,52,58)(H,53,59)(H,54,60)(H,61,62). The molecular weight excluding hydrogens is 909 g/mol. The molecule has 6 N–H and O–H groups in total. The second-order valence-corrected chi connectivity index (χ2v) is 19.8. The van der Waals surface area contributed by atoms with Crippen molar-refractivity contribution in [1.29, 1.82) is 0 Å². The number of carbonyl (C=O) groups excluding carboxylic acids is 4. The van der Waals surface area contributed by atoms with Crippen molar-refractivity contribution in [2.45, 2.75) is 67.3 Å². The van der Waals surface area contributed by atoms with Crippen LogP contribution in [-0.2, 0) is 34.4 Å². The van der Waals surface area contributed by atoms with Crippen LogP contribution in [0.5, 0.6) is 0 Å². The first-order valence-electron chi connectivity index (χ1n) is 22.2. The van der Waals surface area contributed by atoms with E-state index in [1.54, 1.807) is 61.5 Å². The fraction of sp³-hybridized carbons (Fsp3) is 0.300. The Labute approximate surface area is 398 Å². The summed E-state index contributed by atoms with van der Waals surface area (Å²) >= 11 is 0. The second-order valence-electron chi connectivity index (χ2n) is 16.1. The number of nitrogens with zero attached hydrogens (tertiary/aromatic N) is 1. The average Bonchev–Trinajstić information content (AvgIpc) is 3.35. The zero-order valence-electron chi connectivity index (χ0n) is 38.0. The number of rotatable bonds is 27. The first-order chi connectivity index (χ1) is 32.5. The molecule has 0 aliphatic heterocycles. The molecule has 5 aromatic carbocycles. The first kappa shape index (κ1) is 52.4. The van der Waals surface area contributed by atoms with Crippen molar-refractivity contribution in [3.05, 3.63) is 145 Å². The molecule has 0 aliphatic carbocycles. The highest BCUT2D eigenvalue weighted by Gasteiger charge is 2.27. The topological polar surface area (TPSA) is 237 Å². The molecule has 0 saturated heterocycles. The number of benzene rings is 5. The van der Waals surface area contributed by atoms with Gasteiger partial charge in [-0.3, -0.25) is 24.0 Å². The van der Waals surface area contributed by atoms with Gasteiger partial charge in [0.1, 0.15) is 6.04 Å². The number of aliphatic carboxylic acids is 1. The van der Waals surface area contributed by atoms with Gasteiger partial charge in [-0.05, 0) is 97.8 Å². The van der Waals surface area contributed by atoms with Crippen molar-refractivity contribution in [1.82, 2.24) is 30.3 Å². The lowest BCUT2D eigenvalue weighted by Gasteiger charge is -2.24. The van der Waals surface area contributed by atoms with Crippen LogP contribution in [0.3, 0.4) is 0 Å². The van der Waals surface area contributed by atoms with E-state index in [1.165, 1.54) is 29.6 Å². The average molecular weight is 967 g/mol. The van der Waals surface area contributed by atoms with Gasteiger partial charge in [-0.1, -0.05) is 97.1 Å². The van der Waals surface area contributed by atoms with Gasteiger partial charge in [0, 0.05) is 56.7 Å². The molecule has 360 valence electrons. The number of ketones is 1. The molecule has 5 aromatic rings. The summed E-state index contributed by atoms with van der Waals surface area (Å²) in [5.74, 6) is -2.69. The van der Waals surface area contributed by atoms with E-state index >= 15 is 0 Å². The predicted octanol–water partition coefficient (Wildman–Crippen LogP) is 5.24. The third-order valence-electron chi connectivity index (χ3n) is 11.1. The molecular formula is C50H58N6O10S2. The van der Waals surface area contributed by atoms with E-state index in [0.29, 0.717) is 24.9 Å². The molecule has 0 heterocycles. The number of amides is 3. The third kappa shape index (κ3) is 15.8. The molecule has 0 fully saturated rings. The van der Waals surface area contributed by atoms with Crippen LogP contribution in [0.4, 0.5) is 0 Å². The number of nitrogens with one attached hydrogen (secondary N) is 5. The summed E-state index contributed by atoms with van der Waals surface area (Å²) in [5.41, 5.74) is 4.17. The molecule has 0 saturated carbocycles. The van der Waals surface area contributed by atoms with E-state index in [-0.39, 0.29) is 84.9 Å². The summed E-state index contributed by atoms with van der Waals surface area (Å²) in [6.07, 6.45) is 1.14. The Morgan fingerprint density at radius 2 is 1.07 bits per heavy atom. The van der Waals surface area contributed by atoms with Gasteiger partial charge in [0.05, 0.1) is 16.3 Å². The molecule has 0 bridgehead atoms. The number of carboxylic acid groups (broad SMARTS) is 1. The summed E-state index contributed by atoms with van der Waals surface area (Å²) in [6.45, 7) is 2.48. The van der Waals surface area contributed by atoms with Crippen molar-refractivity contribution < 1.29 is 45.9 Å². The number of carbonyl (C=O) groups is 5. The highest BCUT2D eigenvalue weighted by Crippen LogP contribution is 2.24. The lowest BCUT2D eigenvalue weighted by molar-refractivity contribution is -0.139. The van der Waals surface area contributed by atoms with E-state index in [4.69, 9.17) is 0 Å². The van der Waals surface area contributed by atoms with Crippen molar-refractivity contribution in [3.63, 3.8) is 0 Å². The lowest BCUT2D eigenvalue weighted by atomic mass is 10.1. The van der Waals surface area contributed by atoms with Crippen molar-refractivity contribution in [2.75, 3.05) is 39.8 Å². The highest BCUT2D eigenvalue weighted by molar-refractivity contribution is 7.89. The molecule has 18 heteroatoms. The zero-order valence-corrected chi connectivity index (χ0v) is 39.7. The van der Waals surface area contributed by atoms with Crippen molar-refractivity contribution in [2.24, 2.45) is 0 Å². The second kappa shape index (κ2) is 25.5. The summed E-state index contributed by atoms with van der Waals surface area (Å²) in [4.78, 5) is 62.6. The van der Waals surface area contributed by atoms with E-state index in [9.17, 15) is 45.9 Å². The summed E-state index contributed by atoms with van der Waals surface area (Å²) < 4.78 is 55.9. The van der Waals surface area contributed by atoms with Crippen LogP contribution in [0.2, 0.25) is 0 Å². The van der Waals surface area contributed by atoms with Crippen LogP contribution in [0.1, 0.15) is 66.2 Å².